The number of aryl methyl sites for hydroxylation is 1. The van der Waals surface area contributed by atoms with Crippen molar-refractivity contribution in [3.63, 3.8) is 0 Å². The molecule has 0 fully saturated rings. The monoisotopic (exact) mass is 299 g/mol. The van der Waals surface area contributed by atoms with E-state index in [2.05, 4.69) is 10.2 Å². The predicted octanol–water partition coefficient (Wildman–Crippen LogP) is 3.28. The second kappa shape index (κ2) is 6.26. The van der Waals surface area contributed by atoms with E-state index in [0.717, 1.165) is 17.7 Å². The van der Waals surface area contributed by atoms with Gasteiger partial charge in [-0.05, 0) is 24.7 Å². The maximum absolute atomic E-state index is 12.5. The van der Waals surface area contributed by atoms with Crippen molar-refractivity contribution in [2.24, 2.45) is 0 Å². The highest BCUT2D eigenvalue weighted by atomic mass is 19.4. The molecule has 4 nitrogen and oxygen atoms in total. The Hall–Kier alpha value is -1.89. The summed E-state index contributed by atoms with van der Waals surface area (Å²) in [6, 6.07) is 5.13. The van der Waals surface area contributed by atoms with Crippen molar-refractivity contribution >= 4 is 0 Å². The molecule has 0 aliphatic heterocycles. The molecule has 1 heterocycles. The topological polar surface area (TPSA) is 42.2 Å². The summed E-state index contributed by atoms with van der Waals surface area (Å²) < 4.78 is 42.8. The fraction of sp³-hybridized carbons (Fsp3) is 0.429. The Morgan fingerprint density at radius 1 is 1.05 bits per heavy atom. The number of benzene rings is 1. The quantitative estimate of drug-likeness (QED) is 0.849. The van der Waals surface area contributed by atoms with Crippen molar-refractivity contribution in [3.05, 3.63) is 47.2 Å². The first-order valence-electron chi connectivity index (χ1n) is 6.54. The van der Waals surface area contributed by atoms with Crippen LogP contribution >= 0.6 is 0 Å². The average Bonchev–Trinajstić information content (AvgIpc) is 2.85. The normalized spacial score (nSPS) is 12.1. The SMILES string of the molecule is CCc1nnc(CN(C)Cc2ccc(C(F)(F)F)cc2)o1. The summed E-state index contributed by atoms with van der Waals surface area (Å²) in [4.78, 5) is 1.90. The maximum Gasteiger partial charge on any atom is 0.416 e. The first-order chi connectivity index (χ1) is 9.88. The summed E-state index contributed by atoms with van der Waals surface area (Å²) in [6.07, 6.45) is -3.62. The van der Waals surface area contributed by atoms with E-state index in [1.165, 1.54) is 12.1 Å². The first kappa shape index (κ1) is 15.5. The number of hydrogen-bond acceptors (Lipinski definition) is 4. The van der Waals surface area contributed by atoms with Gasteiger partial charge in [0.25, 0.3) is 0 Å². The lowest BCUT2D eigenvalue weighted by molar-refractivity contribution is -0.137. The van der Waals surface area contributed by atoms with Crippen LogP contribution in [-0.2, 0) is 25.7 Å². The van der Waals surface area contributed by atoms with Crippen LogP contribution in [0.5, 0.6) is 0 Å². The standard InChI is InChI=1S/C14H16F3N3O/c1-3-12-18-19-13(21-12)9-20(2)8-10-4-6-11(7-5-10)14(15,16)17/h4-7H,3,8-9H2,1-2H3. The van der Waals surface area contributed by atoms with Crippen LogP contribution in [0, 0.1) is 0 Å². The predicted molar refractivity (Wildman–Crippen MR) is 70.3 cm³/mol. The van der Waals surface area contributed by atoms with Crippen molar-refractivity contribution in [1.82, 2.24) is 15.1 Å². The van der Waals surface area contributed by atoms with E-state index in [1.807, 2.05) is 18.9 Å². The molecule has 2 aromatic rings. The largest absolute Gasteiger partial charge is 0.424 e. The molecular formula is C14H16F3N3O. The molecule has 0 amide bonds. The lowest BCUT2D eigenvalue weighted by atomic mass is 10.1. The van der Waals surface area contributed by atoms with Crippen LogP contribution in [-0.4, -0.2) is 22.1 Å². The van der Waals surface area contributed by atoms with Crippen molar-refractivity contribution in [2.75, 3.05) is 7.05 Å². The average molecular weight is 299 g/mol. The molecule has 0 bridgehead atoms. The minimum absolute atomic E-state index is 0.452. The van der Waals surface area contributed by atoms with E-state index in [1.54, 1.807) is 0 Å². The molecule has 0 unspecified atom stereocenters. The lowest BCUT2D eigenvalue weighted by Crippen LogP contribution is -2.17. The summed E-state index contributed by atoms with van der Waals surface area (Å²) in [5.74, 6) is 1.08. The van der Waals surface area contributed by atoms with E-state index in [-0.39, 0.29) is 0 Å². The van der Waals surface area contributed by atoms with Gasteiger partial charge in [-0.2, -0.15) is 13.2 Å². The molecule has 0 radical (unpaired) electrons. The summed E-state index contributed by atoms with van der Waals surface area (Å²) in [6.45, 7) is 2.87. The van der Waals surface area contributed by atoms with E-state index in [4.69, 9.17) is 4.42 Å². The van der Waals surface area contributed by atoms with E-state index >= 15 is 0 Å². The number of alkyl halides is 3. The third-order valence-electron chi connectivity index (χ3n) is 2.95. The van der Waals surface area contributed by atoms with Gasteiger partial charge < -0.3 is 4.42 Å². The Balaban J connectivity index is 1.94. The molecule has 21 heavy (non-hydrogen) atoms. The zero-order valence-electron chi connectivity index (χ0n) is 11.8. The molecule has 0 spiro atoms. The molecule has 0 aliphatic carbocycles. The van der Waals surface area contributed by atoms with Gasteiger partial charge in [0.1, 0.15) is 0 Å². The number of nitrogens with zero attached hydrogens (tertiary/aromatic N) is 3. The maximum atomic E-state index is 12.5. The van der Waals surface area contributed by atoms with Crippen molar-refractivity contribution in [2.45, 2.75) is 32.6 Å². The highest BCUT2D eigenvalue weighted by Gasteiger charge is 2.29. The van der Waals surface area contributed by atoms with Crippen molar-refractivity contribution in [3.8, 4) is 0 Å². The fourth-order valence-electron chi connectivity index (χ4n) is 1.89. The fourth-order valence-corrected chi connectivity index (χ4v) is 1.89. The number of halogens is 3. The van der Waals surface area contributed by atoms with Gasteiger partial charge in [0.15, 0.2) is 0 Å². The Morgan fingerprint density at radius 3 is 2.19 bits per heavy atom. The molecule has 0 atom stereocenters. The third-order valence-corrected chi connectivity index (χ3v) is 2.95. The smallest absolute Gasteiger partial charge is 0.416 e. The first-order valence-corrected chi connectivity index (χ1v) is 6.54. The molecule has 2 rings (SSSR count). The summed E-state index contributed by atoms with van der Waals surface area (Å²) >= 11 is 0. The Morgan fingerprint density at radius 2 is 1.67 bits per heavy atom. The van der Waals surface area contributed by atoms with E-state index < -0.39 is 11.7 Å². The van der Waals surface area contributed by atoms with Gasteiger partial charge in [-0.3, -0.25) is 4.90 Å². The van der Waals surface area contributed by atoms with Crippen molar-refractivity contribution in [1.29, 1.82) is 0 Å². The summed E-state index contributed by atoms with van der Waals surface area (Å²) in [7, 11) is 1.84. The molecule has 0 aliphatic rings. The van der Waals surface area contributed by atoms with Gasteiger partial charge in [-0.15, -0.1) is 10.2 Å². The van der Waals surface area contributed by atoms with Crippen LogP contribution < -0.4 is 0 Å². The third kappa shape index (κ3) is 4.29. The van der Waals surface area contributed by atoms with E-state index in [0.29, 0.717) is 31.3 Å². The number of hydrogen-bond donors (Lipinski definition) is 0. The molecule has 1 aromatic carbocycles. The van der Waals surface area contributed by atoms with Crippen LogP contribution in [0.1, 0.15) is 29.8 Å². The minimum Gasteiger partial charge on any atom is -0.424 e. The van der Waals surface area contributed by atoms with Crippen molar-refractivity contribution < 1.29 is 17.6 Å². The summed E-state index contributed by atoms with van der Waals surface area (Å²) in [5.41, 5.74) is 0.152. The molecule has 1 aromatic heterocycles. The van der Waals surface area contributed by atoms with Crippen LogP contribution in [0.4, 0.5) is 13.2 Å². The highest BCUT2D eigenvalue weighted by Crippen LogP contribution is 2.29. The summed E-state index contributed by atoms with van der Waals surface area (Å²) in [5, 5.41) is 7.77. The van der Waals surface area contributed by atoms with Gasteiger partial charge in [-0.25, -0.2) is 0 Å². The number of rotatable bonds is 5. The Bertz CT molecular complexity index is 578. The highest BCUT2D eigenvalue weighted by molar-refractivity contribution is 5.24. The second-order valence-electron chi connectivity index (χ2n) is 4.81. The Kier molecular flexibility index (Phi) is 4.62. The Labute approximate surface area is 120 Å². The van der Waals surface area contributed by atoms with Gasteiger partial charge in [0.2, 0.25) is 11.8 Å². The molecular weight excluding hydrogens is 283 g/mol. The minimum atomic E-state index is -4.30. The van der Waals surface area contributed by atoms with Gasteiger partial charge in [0, 0.05) is 13.0 Å². The zero-order valence-corrected chi connectivity index (χ0v) is 11.8. The van der Waals surface area contributed by atoms with E-state index in [9.17, 15) is 13.2 Å². The molecule has 0 saturated heterocycles. The molecule has 7 heteroatoms. The lowest BCUT2D eigenvalue weighted by Gasteiger charge is -2.15. The van der Waals surface area contributed by atoms with Gasteiger partial charge in [-0.1, -0.05) is 19.1 Å². The molecule has 0 saturated carbocycles. The van der Waals surface area contributed by atoms with Gasteiger partial charge >= 0.3 is 6.18 Å². The van der Waals surface area contributed by atoms with Crippen LogP contribution in [0.25, 0.3) is 0 Å². The number of aromatic nitrogens is 2. The van der Waals surface area contributed by atoms with Crippen LogP contribution in [0.15, 0.2) is 28.7 Å². The van der Waals surface area contributed by atoms with Crippen LogP contribution in [0.2, 0.25) is 0 Å². The molecule has 0 N–H and O–H groups in total. The van der Waals surface area contributed by atoms with Gasteiger partial charge in [0.05, 0.1) is 12.1 Å². The second-order valence-corrected chi connectivity index (χ2v) is 4.81. The molecule has 114 valence electrons. The zero-order chi connectivity index (χ0) is 15.5. The van der Waals surface area contributed by atoms with Crippen LogP contribution in [0.3, 0.4) is 0 Å².